The summed E-state index contributed by atoms with van der Waals surface area (Å²) in [7, 11) is 0. The van der Waals surface area contributed by atoms with Crippen molar-refractivity contribution in [3.05, 3.63) is 29.8 Å². The lowest BCUT2D eigenvalue weighted by Crippen LogP contribution is -2.40. The molecule has 5 heteroatoms. The first-order valence-corrected chi connectivity index (χ1v) is 6.90. The monoisotopic (exact) mass is 276 g/mol. The Morgan fingerprint density at radius 2 is 2.20 bits per heavy atom. The molecule has 5 nitrogen and oxygen atoms in total. The maximum Gasteiger partial charge on any atom is 0.303 e. The zero-order valence-electron chi connectivity index (χ0n) is 11.6. The average Bonchev–Trinajstić information content (AvgIpc) is 2.86. The van der Waals surface area contributed by atoms with Gasteiger partial charge in [-0.1, -0.05) is 25.1 Å². The van der Waals surface area contributed by atoms with E-state index >= 15 is 0 Å². The maximum absolute atomic E-state index is 12.1. The quantitative estimate of drug-likeness (QED) is 0.738. The largest absolute Gasteiger partial charge is 0.481 e. The van der Waals surface area contributed by atoms with E-state index in [2.05, 4.69) is 10.6 Å². The third-order valence-electron chi connectivity index (χ3n) is 3.56. The van der Waals surface area contributed by atoms with Crippen LogP contribution >= 0.6 is 0 Å². The molecule has 0 radical (unpaired) electrons. The molecule has 1 unspecified atom stereocenters. The summed E-state index contributed by atoms with van der Waals surface area (Å²) in [5.41, 5.74) is 2.18. The number of carbonyl (C=O) groups excluding carboxylic acids is 1. The number of amides is 1. The Kier molecular flexibility index (Phi) is 4.61. The Morgan fingerprint density at radius 3 is 2.90 bits per heavy atom. The number of rotatable bonds is 6. The summed E-state index contributed by atoms with van der Waals surface area (Å²) in [6.45, 7) is 2.46. The van der Waals surface area contributed by atoms with Crippen molar-refractivity contribution in [2.24, 2.45) is 5.92 Å². The van der Waals surface area contributed by atoms with E-state index in [1.807, 2.05) is 31.2 Å². The predicted molar refractivity (Wildman–Crippen MR) is 76.6 cm³/mol. The van der Waals surface area contributed by atoms with Gasteiger partial charge in [-0.2, -0.15) is 0 Å². The van der Waals surface area contributed by atoms with Crippen molar-refractivity contribution in [1.82, 2.24) is 5.32 Å². The van der Waals surface area contributed by atoms with E-state index in [9.17, 15) is 9.59 Å². The second kappa shape index (κ2) is 6.41. The Hall–Kier alpha value is -2.04. The van der Waals surface area contributed by atoms with Gasteiger partial charge in [0.25, 0.3) is 0 Å². The molecule has 108 valence electrons. The molecule has 1 aromatic carbocycles. The number of aliphatic carboxylic acids is 1. The lowest BCUT2D eigenvalue weighted by atomic mass is 10.1. The standard InChI is InChI=1S/C15H20N2O3/c1-10(6-7-14(18)19)9-16-15(20)13-8-11-4-2-3-5-12(11)17-13/h2-5,10,13,17H,6-9H2,1H3,(H,16,20)(H,18,19)/t10?,13-/m0/s1. The molecule has 0 aromatic heterocycles. The van der Waals surface area contributed by atoms with Crippen molar-refractivity contribution >= 4 is 17.6 Å². The fourth-order valence-corrected chi connectivity index (χ4v) is 2.33. The van der Waals surface area contributed by atoms with Crippen LogP contribution in [0.15, 0.2) is 24.3 Å². The number of carboxylic acid groups (broad SMARTS) is 1. The first-order valence-electron chi connectivity index (χ1n) is 6.90. The Labute approximate surface area is 118 Å². The van der Waals surface area contributed by atoms with Gasteiger partial charge >= 0.3 is 5.97 Å². The minimum Gasteiger partial charge on any atom is -0.481 e. The molecule has 1 aliphatic heterocycles. The van der Waals surface area contributed by atoms with Crippen LogP contribution in [0.2, 0.25) is 0 Å². The van der Waals surface area contributed by atoms with Crippen LogP contribution < -0.4 is 10.6 Å². The topological polar surface area (TPSA) is 78.4 Å². The molecule has 0 aliphatic carbocycles. The number of carboxylic acids is 1. The van der Waals surface area contributed by atoms with Gasteiger partial charge in [0.15, 0.2) is 0 Å². The van der Waals surface area contributed by atoms with E-state index < -0.39 is 5.97 Å². The molecule has 20 heavy (non-hydrogen) atoms. The van der Waals surface area contributed by atoms with Gasteiger partial charge in [0.1, 0.15) is 6.04 Å². The van der Waals surface area contributed by atoms with Crippen molar-refractivity contribution in [3.8, 4) is 0 Å². The lowest BCUT2D eigenvalue weighted by molar-refractivity contribution is -0.137. The molecule has 3 N–H and O–H groups in total. The highest BCUT2D eigenvalue weighted by atomic mass is 16.4. The van der Waals surface area contributed by atoms with Crippen LogP contribution in [-0.2, 0) is 16.0 Å². The lowest BCUT2D eigenvalue weighted by Gasteiger charge is -2.15. The second-order valence-corrected chi connectivity index (χ2v) is 5.34. The van der Waals surface area contributed by atoms with Gasteiger partial charge in [-0.15, -0.1) is 0 Å². The van der Waals surface area contributed by atoms with Crippen LogP contribution in [0.4, 0.5) is 5.69 Å². The van der Waals surface area contributed by atoms with Crippen LogP contribution in [0.25, 0.3) is 0 Å². The number of carbonyl (C=O) groups is 2. The number of hydrogen-bond acceptors (Lipinski definition) is 3. The van der Waals surface area contributed by atoms with Crippen LogP contribution in [0, 0.1) is 5.92 Å². The molecular weight excluding hydrogens is 256 g/mol. The van der Waals surface area contributed by atoms with Crippen LogP contribution in [0.1, 0.15) is 25.3 Å². The smallest absolute Gasteiger partial charge is 0.303 e. The summed E-state index contributed by atoms with van der Waals surface area (Å²) >= 11 is 0. The first kappa shape index (κ1) is 14.4. The van der Waals surface area contributed by atoms with Gasteiger partial charge in [0.2, 0.25) is 5.91 Å². The minimum absolute atomic E-state index is 0.0247. The first-order chi connectivity index (χ1) is 9.56. The number of nitrogens with one attached hydrogen (secondary N) is 2. The van der Waals surface area contributed by atoms with Gasteiger partial charge in [0.05, 0.1) is 0 Å². The molecule has 1 aromatic rings. The highest BCUT2D eigenvalue weighted by molar-refractivity contribution is 5.87. The fraction of sp³-hybridized carbons (Fsp3) is 0.467. The normalized spacial score (nSPS) is 17.9. The van der Waals surface area contributed by atoms with Crippen molar-refractivity contribution in [1.29, 1.82) is 0 Å². The highest BCUT2D eigenvalue weighted by Gasteiger charge is 2.26. The molecule has 1 heterocycles. The Balaban J connectivity index is 1.75. The van der Waals surface area contributed by atoms with E-state index in [1.54, 1.807) is 0 Å². The summed E-state index contributed by atoms with van der Waals surface area (Å²) < 4.78 is 0. The zero-order valence-corrected chi connectivity index (χ0v) is 11.6. The Morgan fingerprint density at radius 1 is 1.45 bits per heavy atom. The Bertz CT molecular complexity index is 477. The summed E-state index contributed by atoms with van der Waals surface area (Å²) in [5, 5.41) is 14.7. The van der Waals surface area contributed by atoms with Crippen LogP contribution in [0.3, 0.4) is 0 Å². The SMILES string of the molecule is CC(CCC(=O)O)CNC(=O)[C@@H]1Cc2ccccc2N1. The molecule has 2 rings (SSSR count). The summed E-state index contributed by atoms with van der Waals surface area (Å²) in [6.07, 6.45) is 1.42. The molecule has 2 atom stereocenters. The number of hydrogen-bond donors (Lipinski definition) is 3. The molecule has 0 spiro atoms. The van der Waals surface area contributed by atoms with E-state index in [0.717, 1.165) is 11.3 Å². The van der Waals surface area contributed by atoms with Crippen molar-refractivity contribution in [2.45, 2.75) is 32.2 Å². The summed E-state index contributed by atoms with van der Waals surface area (Å²) in [5.74, 6) is -0.654. The van der Waals surface area contributed by atoms with Gasteiger partial charge in [-0.05, 0) is 24.0 Å². The molecular formula is C15H20N2O3. The summed E-state index contributed by atoms with van der Waals surface area (Å²) in [4.78, 5) is 22.5. The van der Waals surface area contributed by atoms with Crippen LogP contribution in [0.5, 0.6) is 0 Å². The number of para-hydroxylation sites is 1. The number of fused-ring (bicyclic) bond motifs is 1. The number of benzene rings is 1. The third-order valence-corrected chi connectivity index (χ3v) is 3.56. The average molecular weight is 276 g/mol. The van der Waals surface area contributed by atoms with E-state index in [4.69, 9.17) is 5.11 Å². The van der Waals surface area contributed by atoms with E-state index in [-0.39, 0.29) is 24.3 Å². The minimum atomic E-state index is -0.795. The second-order valence-electron chi connectivity index (χ2n) is 5.34. The van der Waals surface area contributed by atoms with Gasteiger partial charge < -0.3 is 15.7 Å². The van der Waals surface area contributed by atoms with E-state index in [1.165, 1.54) is 0 Å². The van der Waals surface area contributed by atoms with Gasteiger partial charge in [-0.3, -0.25) is 9.59 Å². The van der Waals surface area contributed by atoms with Crippen molar-refractivity contribution in [3.63, 3.8) is 0 Å². The maximum atomic E-state index is 12.1. The van der Waals surface area contributed by atoms with Gasteiger partial charge in [-0.25, -0.2) is 0 Å². The number of anilines is 1. The molecule has 1 aliphatic rings. The third kappa shape index (κ3) is 3.73. The molecule has 0 saturated carbocycles. The molecule has 0 fully saturated rings. The van der Waals surface area contributed by atoms with Gasteiger partial charge in [0, 0.05) is 25.1 Å². The molecule has 0 bridgehead atoms. The van der Waals surface area contributed by atoms with Crippen molar-refractivity contribution in [2.75, 3.05) is 11.9 Å². The predicted octanol–water partition coefficient (Wildman–Crippen LogP) is 1.64. The van der Waals surface area contributed by atoms with Crippen LogP contribution in [-0.4, -0.2) is 29.6 Å². The van der Waals surface area contributed by atoms with E-state index in [0.29, 0.717) is 19.4 Å². The highest BCUT2D eigenvalue weighted by Crippen LogP contribution is 2.25. The fourth-order valence-electron chi connectivity index (χ4n) is 2.33. The molecule has 0 saturated heterocycles. The zero-order chi connectivity index (χ0) is 14.5. The molecule has 1 amide bonds. The van der Waals surface area contributed by atoms with Crippen molar-refractivity contribution < 1.29 is 14.7 Å². The summed E-state index contributed by atoms with van der Waals surface area (Å²) in [6, 6.07) is 7.68.